The number of hydrogen-bond donors (Lipinski definition) is 1. The van der Waals surface area contributed by atoms with Crippen LogP contribution in [0.4, 0.5) is 0 Å². The second-order valence-electron chi connectivity index (χ2n) is 5.22. The van der Waals surface area contributed by atoms with Crippen LogP contribution >= 0.6 is 0 Å². The molecule has 1 aliphatic heterocycles. The highest BCUT2D eigenvalue weighted by atomic mass is 16.5. The van der Waals surface area contributed by atoms with Crippen molar-refractivity contribution in [3.8, 4) is 0 Å². The summed E-state index contributed by atoms with van der Waals surface area (Å²) in [6, 6.07) is -0.324. The zero-order chi connectivity index (χ0) is 14.4. The Morgan fingerprint density at radius 2 is 2.00 bits per heavy atom. The molecule has 1 amide bonds. The fraction of sp³-hybridized carbons (Fsp3) is 0.857. The topological polar surface area (TPSA) is 66.8 Å². The average Bonchev–Trinajstić information content (AvgIpc) is 2.39. The number of carboxylic acids is 1. The van der Waals surface area contributed by atoms with E-state index in [1.807, 2.05) is 6.92 Å². The Bertz CT molecular complexity index is 315. The van der Waals surface area contributed by atoms with Crippen LogP contribution in [0.5, 0.6) is 0 Å². The highest BCUT2D eigenvalue weighted by Gasteiger charge is 2.33. The van der Waals surface area contributed by atoms with Gasteiger partial charge in [-0.15, -0.1) is 0 Å². The van der Waals surface area contributed by atoms with Gasteiger partial charge in [-0.05, 0) is 5.92 Å². The predicted octanol–water partition coefficient (Wildman–Crippen LogP) is 1.76. The van der Waals surface area contributed by atoms with Gasteiger partial charge in [-0.2, -0.15) is 0 Å². The van der Waals surface area contributed by atoms with Crippen molar-refractivity contribution in [3.63, 3.8) is 0 Å². The molecule has 1 aliphatic rings. The molecule has 0 aromatic rings. The maximum Gasteiger partial charge on any atom is 0.305 e. The average molecular weight is 271 g/mol. The van der Waals surface area contributed by atoms with Crippen molar-refractivity contribution >= 4 is 11.9 Å². The van der Waals surface area contributed by atoms with Crippen molar-refractivity contribution in [3.05, 3.63) is 0 Å². The molecule has 19 heavy (non-hydrogen) atoms. The fourth-order valence-electron chi connectivity index (χ4n) is 2.77. The molecule has 0 spiro atoms. The van der Waals surface area contributed by atoms with Crippen LogP contribution in [-0.2, 0) is 14.3 Å². The molecule has 1 rings (SSSR count). The van der Waals surface area contributed by atoms with E-state index in [4.69, 9.17) is 9.84 Å². The number of carbonyl (C=O) groups is 2. The number of carboxylic acid groups (broad SMARTS) is 1. The number of ether oxygens (including phenoxy) is 1. The molecule has 1 saturated heterocycles. The van der Waals surface area contributed by atoms with E-state index in [0.717, 1.165) is 12.8 Å². The molecule has 2 atom stereocenters. The molecule has 1 fully saturated rings. The summed E-state index contributed by atoms with van der Waals surface area (Å²) in [5.41, 5.74) is 0. The van der Waals surface area contributed by atoms with E-state index in [1.165, 1.54) is 0 Å². The Kier molecular flexibility index (Phi) is 6.28. The normalized spacial score (nSPS) is 21.5. The molecule has 0 saturated carbocycles. The van der Waals surface area contributed by atoms with Crippen molar-refractivity contribution < 1.29 is 19.4 Å². The van der Waals surface area contributed by atoms with Gasteiger partial charge < -0.3 is 14.7 Å². The van der Waals surface area contributed by atoms with Gasteiger partial charge in [-0.1, -0.05) is 33.6 Å². The van der Waals surface area contributed by atoms with Crippen molar-refractivity contribution in [1.82, 2.24) is 4.90 Å². The number of morpholine rings is 1. The molecular weight excluding hydrogens is 246 g/mol. The summed E-state index contributed by atoms with van der Waals surface area (Å²) in [6.07, 6.45) is 1.90. The van der Waals surface area contributed by atoms with E-state index in [9.17, 15) is 9.59 Å². The quantitative estimate of drug-likeness (QED) is 0.799. The van der Waals surface area contributed by atoms with Crippen LogP contribution in [-0.4, -0.2) is 47.7 Å². The molecule has 0 radical (unpaired) electrons. The van der Waals surface area contributed by atoms with Gasteiger partial charge in [0.15, 0.2) is 0 Å². The summed E-state index contributed by atoms with van der Waals surface area (Å²) in [5.74, 6) is -0.503. The van der Waals surface area contributed by atoms with Crippen molar-refractivity contribution in [2.75, 3.05) is 19.8 Å². The van der Waals surface area contributed by atoms with Crippen LogP contribution in [0.15, 0.2) is 0 Å². The molecule has 0 aromatic carbocycles. The van der Waals surface area contributed by atoms with Crippen LogP contribution in [0.3, 0.4) is 0 Å². The lowest BCUT2D eigenvalue weighted by Gasteiger charge is -2.37. The minimum atomic E-state index is -0.886. The maximum absolute atomic E-state index is 12.5. The number of aliphatic carboxylic acids is 1. The van der Waals surface area contributed by atoms with E-state index in [-0.39, 0.29) is 24.3 Å². The number of nitrogens with zero attached hydrogens (tertiary/aromatic N) is 1. The summed E-state index contributed by atoms with van der Waals surface area (Å²) in [4.78, 5) is 25.1. The van der Waals surface area contributed by atoms with E-state index in [1.54, 1.807) is 4.90 Å². The van der Waals surface area contributed by atoms with Crippen LogP contribution < -0.4 is 0 Å². The first-order valence-electron chi connectivity index (χ1n) is 7.11. The molecule has 0 aromatic heterocycles. The van der Waals surface area contributed by atoms with Gasteiger partial charge in [0.2, 0.25) is 5.91 Å². The van der Waals surface area contributed by atoms with Gasteiger partial charge in [-0.25, -0.2) is 0 Å². The molecule has 1 N–H and O–H groups in total. The zero-order valence-corrected chi connectivity index (χ0v) is 12.1. The molecule has 5 heteroatoms. The SMILES string of the molecule is CCC(CC)C(C)C(=O)N1CCOCC1CC(=O)O. The first-order valence-corrected chi connectivity index (χ1v) is 7.11. The summed E-state index contributed by atoms with van der Waals surface area (Å²) in [5, 5.41) is 8.91. The largest absolute Gasteiger partial charge is 0.481 e. The second kappa shape index (κ2) is 7.48. The summed E-state index contributed by atoms with van der Waals surface area (Å²) >= 11 is 0. The van der Waals surface area contributed by atoms with Gasteiger partial charge >= 0.3 is 5.97 Å². The molecule has 1 heterocycles. The lowest BCUT2D eigenvalue weighted by Crippen LogP contribution is -2.52. The van der Waals surface area contributed by atoms with Crippen molar-refractivity contribution in [2.24, 2.45) is 11.8 Å². The first kappa shape index (κ1) is 16.0. The standard InChI is InChI=1S/C14H25NO4/c1-4-11(5-2)10(3)14(18)15-6-7-19-9-12(15)8-13(16)17/h10-12H,4-9H2,1-3H3,(H,16,17). The number of carbonyl (C=O) groups excluding carboxylic acids is 1. The first-order chi connectivity index (χ1) is 9.01. The summed E-state index contributed by atoms with van der Waals surface area (Å²) in [6.45, 7) is 7.46. The van der Waals surface area contributed by atoms with E-state index in [2.05, 4.69) is 13.8 Å². The Morgan fingerprint density at radius 3 is 2.53 bits per heavy atom. The number of rotatable bonds is 6. The van der Waals surface area contributed by atoms with Gasteiger partial charge in [-0.3, -0.25) is 9.59 Å². The third kappa shape index (κ3) is 4.20. The molecule has 0 aliphatic carbocycles. The predicted molar refractivity (Wildman–Crippen MR) is 71.8 cm³/mol. The Hall–Kier alpha value is -1.10. The maximum atomic E-state index is 12.5. The third-order valence-corrected chi connectivity index (χ3v) is 4.07. The number of hydrogen-bond acceptors (Lipinski definition) is 3. The fourth-order valence-corrected chi connectivity index (χ4v) is 2.77. The Labute approximate surface area is 114 Å². The minimum Gasteiger partial charge on any atom is -0.481 e. The molecule has 5 nitrogen and oxygen atoms in total. The molecular formula is C14H25NO4. The lowest BCUT2D eigenvalue weighted by molar-refractivity contribution is -0.150. The second-order valence-corrected chi connectivity index (χ2v) is 5.22. The highest BCUT2D eigenvalue weighted by molar-refractivity contribution is 5.80. The monoisotopic (exact) mass is 271 g/mol. The highest BCUT2D eigenvalue weighted by Crippen LogP contribution is 2.23. The van der Waals surface area contributed by atoms with Crippen LogP contribution in [0.2, 0.25) is 0 Å². The van der Waals surface area contributed by atoms with E-state index >= 15 is 0 Å². The summed E-state index contributed by atoms with van der Waals surface area (Å²) in [7, 11) is 0. The smallest absolute Gasteiger partial charge is 0.305 e. The van der Waals surface area contributed by atoms with Gasteiger partial charge in [0.05, 0.1) is 25.7 Å². The molecule has 0 bridgehead atoms. The van der Waals surface area contributed by atoms with Crippen molar-refractivity contribution in [1.29, 1.82) is 0 Å². The third-order valence-electron chi connectivity index (χ3n) is 4.07. The summed E-state index contributed by atoms with van der Waals surface area (Å²) < 4.78 is 5.30. The molecule has 110 valence electrons. The van der Waals surface area contributed by atoms with Gasteiger partial charge in [0.1, 0.15) is 0 Å². The Morgan fingerprint density at radius 1 is 1.37 bits per heavy atom. The van der Waals surface area contributed by atoms with Gasteiger partial charge in [0, 0.05) is 12.5 Å². The lowest BCUT2D eigenvalue weighted by atomic mass is 9.87. The van der Waals surface area contributed by atoms with Crippen LogP contribution in [0.1, 0.15) is 40.0 Å². The van der Waals surface area contributed by atoms with E-state index in [0.29, 0.717) is 25.7 Å². The van der Waals surface area contributed by atoms with Crippen LogP contribution in [0.25, 0.3) is 0 Å². The van der Waals surface area contributed by atoms with Crippen LogP contribution in [0, 0.1) is 11.8 Å². The Balaban J connectivity index is 2.73. The van der Waals surface area contributed by atoms with E-state index < -0.39 is 5.97 Å². The molecule has 2 unspecified atom stereocenters. The number of amides is 1. The van der Waals surface area contributed by atoms with Gasteiger partial charge in [0.25, 0.3) is 0 Å². The zero-order valence-electron chi connectivity index (χ0n) is 12.1. The van der Waals surface area contributed by atoms with Crippen molar-refractivity contribution in [2.45, 2.75) is 46.1 Å². The minimum absolute atomic E-state index is 0.0403.